The third kappa shape index (κ3) is 3.26. The lowest BCUT2D eigenvalue weighted by atomic mass is 10.2. The zero-order chi connectivity index (χ0) is 12.1. The standard InChI is InChI=1S/C13H13FN2O/c14-10-4-6-11(7-5-10)16-9-13(17)12-3-1-2-8-15-12/h1-8,13,16-17H,9H2. The van der Waals surface area contributed by atoms with E-state index in [1.807, 2.05) is 6.07 Å². The molecule has 0 amide bonds. The van der Waals surface area contributed by atoms with Crippen molar-refractivity contribution < 1.29 is 9.50 Å². The average Bonchev–Trinajstić information content (AvgIpc) is 2.39. The maximum Gasteiger partial charge on any atom is 0.123 e. The summed E-state index contributed by atoms with van der Waals surface area (Å²) in [5.74, 6) is -0.277. The molecule has 1 atom stereocenters. The first-order valence-corrected chi connectivity index (χ1v) is 5.34. The molecule has 1 unspecified atom stereocenters. The second-order valence-corrected chi connectivity index (χ2v) is 3.66. The van der Waals surface area contributed by atoms with Gasteiger partial charge in [-0.15, -0.1) is 0 Å². The molecular weight excluding hydrogens is 219 g/mol. The number of hydrogen-bond acceptors (Lipinski definition) is 3. The minimum absolute atomic E-state index is 0.277. The van der Waals surface area contributed by atoms with Gasteiger partial charge in [0.2, 0.25) is 0 Å². The third-order valence-corrected chi connectivity index (χ3v) is 2.37. The average molecular weight is 232 g/mol. The van der Waals surface area contributed by atoms with E-state index in [-0.39, 0.29) is 5.82 Å². The molecule has 0 saturated carbocycles. The molecule has 2 N–H and O–H groups in total. The van der Waals surface area contributed by atoms with E-state index in [1.54, 1.807) is 30.5 Å². The first-order valence-electron chi connectivity index (χ1n) is 5.34. The molecule has 88 valence electrons. The molecule has 1 aromatic heterocycles. The van der Waals surface area contributed by atoms with Crippen LogP contribution in [-0.2, 0) is 0 Å². The van der Waals surface area contributed by atoms with Crippen LogP contribution in [-0.4, -0.2) is 16.6 Å². The maximum atomic E-state index is 12.7. The van der Waals surface area contributed by atoms with Crippen molar-refractivity contribution in [3.63, 3.8) is 0 Å². The van der Waals surface area contributed by atoms with Gasteiger partial charge in [-0.1, -0.05) is 6.07 Å². The molecule has 3 nitrogen and oxygen atoms in total. The molecule has 1 aromatic carbocycles. The van der Waals surface area contributed by atoms with Gasteiger partial charge in [-0.05, 0) is 36.4 Å². The Hall–Kier alpha value is -1.94. The summed E-state index contributed by atoms with van der Waals surface area (Å²) >= 11 is 0. The molecule has 0 bridgehead atoms. The lowest BCUT2D eigenvalue weighted by Crippen LogP contribution is -2.13. The van der Waals surface area contributed by atoms with Gasteiger partial charge in [-0.25, -0.2) is 4.39 Å². The molecule has 1 heterocycles. The minimum Gasteiger partial charge on any atom is -0.385 e. The molecule has 0 aliphatic heterocycles. The predicted octanol–water partition coefficient (Wildman–Crippen LogP) is 2.37. The molecule has 2 rings (SSSR count). The highest BCUT2D eigenvalue weighted by atomic mass is 19.1. The minimum atomic E-state index is -0.679. The first-order chi connectivity index (χ1) is 8.25. The molecule has 4 heteroatoms. The molecule has 0 saturated heterocycles. The lowest BCUT2D eigenvalue weighted by Gasteiger charge is -2.12. The number of aliphatic hydroxyl groups is 1. The summed E-state index contributed by atoms with van der Waals surface area (Å²) in [6, 6.07) is 11.4. The van der Waals surface area contributed by atoms with Crippen LogP contribution in [0.1, 0.15) is 11.8 Å². The zero-order valence-electron chi connectivity index (χ0n) is 9.18. The Morgan fingerprint density at radius 2 is 1.94 bits per heavy atom. The summed E-state index contributed by atoms with van der Waals surface area (Å²) in [5.41, 5.74) is 1.38. The highest BCUT2D eigenvalue weighted by Crippen LogP contribution is 2.12. The number of aromatic nitrogens is 1. The van der Waals surface area contributed by atoms with Gasteiger partial charge in [-0.2, -0.15) is 0 Å². The van der Waals surface area contributed by atoms with Gasteiger partial charge in [0.1, 0.15) is 11.9 Å². The van der Waals surface area contributed by atoms with Crippen LogP contribution in [0.3, 0.4) is 0 Å². The fourth-order valence-electron chi connectivity index (χ4n) is 1.46. The molecule has 0 aliphatic carbocycles. The largest absolute Gasteiger partial charge is 0.385 e. The quantitative estimate of drug-likeness (QED) is 0.850. The molecule has 0 fully saturated rings. The summed E-state index contributed by atoms with van der Waals surface area (Å²) < 4.78 is 12.7. The molecule has 2 aromatic rings. The highest BCUT2D eigenvalue weighted by Gasteiger charge is 2.07. The number of benzene rings is 1. The second-order valence-electron chi connectivity index (χ2n) is 3.66. The van der Waals surface area contributed by atoms with Crippen molar-refractivity contribution in [3.05, 3.63) is 60.2 Å². The highest BCUT2D eigenvalue weighted by molar-refractivity contribution is 5.43. The van der Waals surface area contributed by atoms with E-state index in [2.05, 4.69) is 10.3 Å². The van der Waals surface area contributed by atoms with Crippen LogP contribution < -0.4 is 5.32 Å². The van der Waals surface area contributed by atoms with Crippen LogP contribution in [0, 0.1) is 5.82 Å². The molecule has 17 heavy (non-hydrogen) atoms. The Labute approximate surface area is 98.9 Å². The van der Waals surface area contributed by atoms with Crippen molar-refractivity contribution in [1.29, 1.82) is 0 Å². The molecule has 0 spiro atoms. The zero-order valence-corrected chi connectivity index (χ0v) is 9.18. The van der Waals surface area contributed by atoms with Crippen molar-refractivity contribution in [1.82, 2.24) is 4.98 Å². The van der Waals surface area contributed by atoms with E-state index in [9.17, 15) is 9.50 Å². The van der Waals surface area contributed by atoms with Gasteiger partial charge in [0, 0.05) is 18.4 Å². The Morgan fingerprint density at radius 3 is 2.59 bits per heavy atom. The van der Waals surface area contributed by atoms with Crippen LogP contribution in [0.4, 0.5) is 10.1 Å². The number of rotatable bonds is 4. The Kier molecular flexibility index (Phi) is 3.67. The summed E-state index contributed by atoms with van der Waals surface area (Å²) in [5, 5.41) is 12.9. The van der Waals surface area contributed by atoms with Crippen molar-refractivity contribution in [2.24, 2.45) is 0 Å². The van der Waals surface area contributed by atoms with E-state index in [4.69, 9.17) is 0 Å². The van der Waals surface area contributed by atoms with E-state index in [1.165, 1.54) is 12.1 Å². The van der Waals surface area contributed by atoms with Crippen molar-refractivity contribution in [2.75, 3.05) is 11.9 Å². The van der Waals surface area contributed by atoms with Gasteiger partial charge in [0.15, 0.2) is 0 Å². The Bertz CT molecular complexity index is 459. The third-order valence-electron chi connectivity index (χ3n) is 2.37. The summed E-state index contributed by atoms with van der Waals surface area (Å²) in [7, 11) is 0. The predicted molar refractivity (Wildman–Crippen MR) is 64.1 cm³/mol. The summed E-state index contributed by atoms with van der Waals surface area (Å²) in [4.78, 5) is 4.06. The van der Waals surface area contributed by atoms with Crippen LogP contribution in [0.15, 0.2) is 48.7 Å². The lowest BCUT2D eigenvalue weighted by molar-refractivity contribution is 0.187. The smallest absolute Gasteiger partial charge is 0.123 e. The van der Waals surface area contributed by atoms with E-state index >= 15 is 0 Å². The first kappa shape index (κ1) is 11.5. The Balaban J connectivity index is 1.92. The molecular formula is C13H13FN2O. The second kappa shape index (κ2) is 5.41. The van der Waals surface area contributed by atoms with Crippen molar-refractivity contribution in [2.45, 2.75) is 6.10 Å². The number of aliphatic hydroxyl groups excluding tert-OH is 1. The maximum absolute atomic E-state index is 12.7. The summed E-state index contributed by atoms with van der Waals surface area (Å²) in [6.45, 7) is 0.336. The Morgan fingerprint density at radius 1 is 1.18 bits per heavy atom. The van der Waals surface area contributed by atoms with E-state index in [0.717, 1.165) is 5.69 Å². The summed E-state index contributed by atoms with van der Waals surface area (Å²) in [6.07, 6.45) is 0.956. The van der Waals surface area contributed by atoms with Crippen LogP contribution in [0.5, 0.6) is 0 Å². The van der Waals surface area contributed by atoms with Crippen molar-refractivity contribution in [3.8, 4) is 0 Å². The number of nitrogens with zero attached hydrogens (tertiary/aromatic N) is 1. The fourth-order valence-corrected chi connectivity index (χ4v) is 1.46. The van der Waals surface area contributed by atoms with Crippen molar-refractivity contribution >= 4 is 5.69 Å². The SMILES string of the molecule is OC(CNc1ccc(F)cc1)c1ccccn1. The number of nitrogens with one attached hydrogen (secondary N) is 1. The fraction of sp³-hybridized carbons (Fsp3) is 0.154. The van der Waals surface area contributed by atoms with Crippen LogP contribution in [0.2, 0.25) is 0 Å². The van der Waals surface area contributed by atoms with Crippen LogP contribution in [0.25, 0.3) is 0 Å². The topological polar surface area (TPSA) is 45.1 Å². The van der Waals surface area contributed by atoms with Gasteiger partial charge in [-0.3, -0.25) is 4.98 Å². The number of hydrogen-bond donors (Lipinski definition) is 2. The molecule has 0 aliphatic rings. The normalized spacial score (nSPS) is 12.1. The number of anilines is 1. The monoisotopic (exact) mass is 232 g/mol. The van der Waals surface area contributed by atoms with Gasteiger partial charge >= 0.3 is 0 Å². The van der Waals surface area contributed by atoms with Gasteiger partial charge in [0.25, 0.3) is 0 Å². The van der Waals surface area contributed by atoms with Crippen LogP contribution >= 0.6 is 0 Å². The number of halogens is 1. The van der Waals surface area contributed by atoms with E-state index < -0.39 is 6.10 Å². The van der Waals surface area contributed by atoms with Gasteiger partial charge in [0.05, 0.1) is 5.69 Å². The van der Waals surface area contributed by atoms with E-state index in [0.29, 0.717) is 12.2 Å². The number of pyridine rings is 1. The van der Waals surface area contributed by atoms with Gasteiger partial charge < -0.3 is 10.4 Å². The molecule has 0 radical (unpaired) electrons.